The van der Waals surface area contributed by atoms with Gasteiger partial charge in [0.25, 0.3) is 0 Å². The van der Waals surface area contributed by atoms with Crippen LogP contribution in [0.15, 0.2) is 44.8 Å². The molecular weight excluding hydrogens is 364 g/mol. The number of allylic oxidation sites excluding steroid dienone is 8. The third-order valence-electron chi connectivity index (χ3n) is 6.79. The van der Waals surface area contributed by atoms with Crippen LogP contribution in [0.4, 0.5) is 0 Å². The summed E-state index contributed by atoms with van der Waals surface area (Å²) in [5.74, 6) is 0. The summed E-state index contributed by atoms with van der Waals surface area (Å²) in [5, 5.41) is 3.57. The topological polar surface area (TPSA) is 0 Å². The van der Waals surface area contributed by atoms with Crippen LogP contribution in [0, 0.1) is 21.7 Å². The smallest absolute Gasteiger partial charge is 0.0768 e. The fourth-order valence-electron chi connectivity index (χ4n) is 5.53. The van der Waals surface area contributed by atoms with Crippen LogP contribution < -0.4 is 0 Å². The zero-order chi connectivity index (χ0) is 22.8. The third-order valence-corrected chi connectivity index (χ3v) is 10.7. The van der Waals surface area contributed by atoms with Gasteiger partial charge in [0, 0.05) is 0 Å². The van der Waals surface area contributed by atoms with E-state index in [1.165, 1.54) is 0 Å². The lowest BCUT2D eigenvalue weighted by Gasteiger charge is -2.39. The van der Waals surface area contributed by atoms with Crippen molar-refractivity contribution in [3.05, 3.63) is 44.8 Å². The van der Waals surface area contributed by atoms with Gasteiger partial charge in [0.15, 0.2) is 0 Å². The molecule has 1 heteroatoms. The molecule has 0 aromatic rings. The molecule has 0 radical (unpaired) electrons. The monoisotopic (exact) mass is 412 g/mol. The molecule has 0 amide bonds. The Morgan fingerprint density at radius 2 is 0.793 bits per heavy atom. The third kappa shape index (κ3) is 4.60. The van der Waals surface area contributed by atoms with Gasteiger partial charge in [-0.1, -0.05) is 119 Å². The van der Waals surface area contributed by atoms with Crippen molar-refractivity contribution in [2.75, 3.05) is 0 Å². The second-order valence-corrected chi connectivity index (χ2v) is 18.4. The number of hydrogen-bond acceptors (Lipinski definition) is 0. The van der Waals surface area contributed by atoms with E-state index in [9.17, 15) is 0 Å². The maximum atomic E-state index is 2.63. The summed E-state index contributed by atoms with van der Waals surface area (Å²) in [4.78, 5) is 0. The van der Waals surface area contributed by atoms with E-state index in [-0.39, 0.29) is 21.7 Å². The summed E-state index contributed by atoms with van der Waals surface area (Å²) in [6.07, 6.45) is 7.44. The standard InChI is InChI=1S/C28H48Si/c1-25(2,3)19-15-17-21(23(19)27(7,8)9)29(13,14)22-18-16-20(26(4,5)6)24(22)28(10,11)12/h15-16H,17-18H2,1-14H3. The SMILES string of the molecule is CC(C)(C)C1=CCC([Si](C)(C)C2=C(C(C)(C)C)C(C(C)(C)C)=CC2)=C1C(C)(C)C. The first-order chi connectivity index (χ1) is 12.7. The van der Waals surface area contributed by atoms with E-state index in [2.05, 4.69) is 108 Å². The Hall–Kier alpha value is -0.823. The Kier molecular flexibility index (Phi) is 5.99. The summed E-state index contributed by atoms with van der Waals surface area (Å²) in [7, 11) is -1.77. The molecule has 0 aliphatic heterocycles. The van der Waals surface area contributed by atoms with Crippen molar-refractivity contribution in [3.63, 3.8) is 0 Å². The average molecular weight is 413 g/mol. The summed E-state index contributed by atoms with van der Waals surface area (Å²) in [5.41, 5.74) is 7.34. The Balaban J connectivity index is 2.76. The molecule has 0 unspecified atom stereocenters. The normalized spacial score (nSPS) is 19.9. The minimum absolute atomic E-state index is 0.191. The lowest BCUT2D eigenvalue weighted by atomic mass is 9.74. The molecule has 0 fully saturated rings. The van der Waals surface area contributed by atoms with Crippen LogP contribution in [0.5, 0.6) is 0 Å². The molecular formula is C28H48Si. The lowest BCUT2D eigenvalue weighted by molar-refractivity contribution is 0.447. The largest absolute Gasteiger partial charge is 0.104 e. The molecule has 2 rings (SSSR count). The van der Waals surface area contributed by atoms with E-state index in [1.807, 2.05) is 0 Å². The summed E-state index contributed by atoms with van der Waals surface area (Å²) in [6, 6.07) is 0. The molecule has 0 saturated carbocycles. The summed E-state index contributed by atoms with van der Waals surface area (Å²) in [6.45, 7) is 34.1. The fraction of sp³-hybridized carbons (Fsp3) is 0.714. The van der Waals surface area contributed by atoms with Crippen LogP contribution in [0.2, 0.25) is 13.1 Å². The molecule has 0 atom stereocenters. The molecule has 2 aliphatic rings. The summed E-state index contributed by atoms with van der Waals surface area (Å²) >= 11 is 0. The zero-order valence-electron chi connectivity index (χ0n) is 22.1. The molecule has 0 spiro atoms. The van der Waals surface area contributed by atoms with Crippen LogP contribution in [-0.2, 0) is 0 Å². The van der Waals surface area contributed by atoms with Crippen LogP contribution >= 0.6 is 0 Å². The summed E-state index contributed by atoms with van der Waals surface area (Å²) < 4.78 is 0. The highest BCUT2D eigenvalue weighted by Gasteiger charge is 2.45. The van der Waals surface area contributed by atoms with Crippen molar-refractivity contribution in [1.82, 2.24) is 0 Å². The first-order valence-electron chi connectivity index (χ1n) is 11.6. The van der Waals surface area contributed by atoms with Gasteiger partial charge in [-0.3, -0.25) is 0 Å². The van der Waals surface area contributed by atoms with Gasteiger partial charge in [0.05, 0.1) is 0 Å². The fourth-order valence-corrected chi connectivity index (χ4v) is 9.39. The van der Waals surface area contributed by atoms with Crippen LogP contribution in [-0.4, -0.2) is 8.07 Å². The second kappa shape index (κ2) is 7.11. The molecule has 0 heterocycles. The first-order valence-corrected chi connectivity index (χ1v) is 14.6. The molecule has 0 nitrogen and oxygen atoms in total. The lowest BCUT2D eigenvalue weighted by Crippen LogP contribution is -2.37. The highest BCUT2D eigenvalue weighted by molar-refractivity contribution is 6.91. The van der Waals surface area contributed by atoms with Crippen molar-refractivity contribution in [2.45, 2.75) is 109 Å². The zero-order valence-corrected chi connectivity index (χ0v) is 23.1. The Morgan fingerprint density at radius 1 is 0.517 bits per heavy atom. The van der Waals surface area contributed by atoms with E-state index in [0.29, 0.717) is 0 Å². The first kappa shape index (κ1) is 24.4. The van der Waals surface area contributed by atoms with Crippen molar-refractivity contribution in [1.29, 1.82) is 0 Å². The van der Waals surface area contributed by atoms with Crippen LogP contribution in [0.3, 0.4) is 0 Å². The molecule has 0 saturated heterocycles. The molecule has 0 bridgehead atoms. The average Bonchev–Trinajstić information content (AvgIpc) is 3.10. The van der Waals surface area contributed by atoms with Gasteiger partial charge in [-0.15, -0.1) is 0 Å². The molecule has 0 N–H and O–H groups in total. The van der Waals surface area contributed by atoms with Gasteiger partial charge in [0.1, 0.15) is 8.07 Å². The maximum absolute atomic E-state index is 2.63. The quantitative estimate of drug-likeness (QED) is 0.396. The Labute approximate surface area is 183 Å². The van der Waals surface area contributed by atoms with Crippen LogP contribution in [0.1, 0.15) is 95.9 Å². The van der Waals surface area contributed by atoms with Crippen LogP contribution in [0.25, 0.3) is 0 Å². The van der Waals surface area contributed by atoms with E-state index in [0.717, 1.165) is 12.8 Å². The van der Waals surface area contributed by atoms with Gasteiger partial charge in [-0.25, -0.2) is 0 Å². The van der Waals surface area contributed by atoms with E-state index < -0.39 is 8.07 Å². The predicted octanol–water partition coefficient (Wildman–Crippen LogP) is 9.21. The highest BCUT2D eigenvalue weighted by atomic mass is 28.3. The maximum Gasteiger partial charge on any atom is 0.104 e. The van der Waals surface area contributed by atoms with Gasteiger partial charge in [-0.05, 0) is 56.8 Å². The number of rotatable bonds is 2. The second-order valence-electron chi connectivity index (χ2n) is 14.0. The molecule has 2 aliphatic carbocycles. The van der Waals surface area contributed by atoms with Gasteiger partial charge >= 0.3 is 0 Å². The molecule has 0 aromatic heterocycles. The van der Waals surface area contributed by atoms with Crippen molar-refractivity contribution >= 4 is 8.07 Å². The minimum Gasteiger partial charge on any atom is -0.0768 e. The highest BCUT2D eigenvalue weighted by Crippen LogP contribution is 2.54. The van der Waals surface area contributed by atoms with E-state index >= 15 is 0 Å². The molecule has 164 valence electrons. The minimum atomic E-state index is -1.77. The van der Waals surface area contributed by atoms with Gasteiger partial charge in [0.2, 0.25) is 0 Å². The van der Waals surface area contributed by atoms with Gasteiger partial charge < -0.3 is 0 Å². The van der Waals surface area contributed by atoms with E-state index in [4.69, 9.17) is 0 Å². The predicted molar refractivity (Wildman–Crippen MR) is 135 cm³/mol. The number of hydrogen-bond donors (Lipinski definition) is 0. The van der Waals surface area contributed by atoms with Crippen molar-refractivity contribution in [2.24, 2.45) is 21.7 Å². The van der Waals surface area contributed by atoms with Crippen molar-refractivity contribution in [3.8, 4) is 0 Å². The van der Waals surface area contributed by atoms with Gasteiger partial charge in [-0.2, -0.15) is 0 Å². The Morgan fingerprint density at radius 3 is 1.00 bits per heavy atom. The molecule has 29 heavy (non-hydrogen) atoms. The van der Waals surface area contributed by atoms with Crippen molar-refractivity contribution < 1.29 is 0 Å². The Bertz CT molecular complexity index is 726. The molecule has 0 aromatic carbocycles. The van der Waals surface area contributed by atoms with E-state index in [1.54, 1.807) is 32.7 Å².